The molecule has 0 aromatic carbocycles. The van der Waals surface area contributed by atoms with Crippen molar-refractivity contribution in [3.8, 4) is 0 Å². The summed E-state index contributed by atoms with van der Waals surface area (Å²) in [7, 11) is 0. The number of rotatable bonds is 37. The second kappa shape index (κ2) is 34.9. The van der Waals surface area contributed by atoms with Crippen molar-refractivity contribution in [1.29, 1.82) is 0 Å². The Bertz CT molecular complexity index is 745. The normalized spacial score (nSPS) is 16.4. The molecule has 50 heavy (non-hydrogen) atoms. The van der Waals surface area contributed by atoms with Crippen LogP contribution in [0.25, 0.3) is 0 Å². The number of aliphatic hydroxyl groups excluding tert-OH is 1. The first-order chi connectivity index (χ1) is 24.5. The van der Waals surface area contributed by atoms with Crippen LogP contribution in [-0.2, 0) is 19.1 Å². The Balaban J connectivity index is 2.29. The number of carbonyl (C=O) groups is 2. The fourth-order valence-corrected chi connectivity index (χ4v) is 7.93. The van der Waals surface area contributed by atoms with Crippen molar-refractivity contribution in [3.63, 3.8) is 0 Å². The molecule has 2 atom stereocenters. The summed E-state index contributed by atoms with van der Waals surface area (Å²) in [5.74, 6) is 0.647. The standard InChI is InChI=1S/C44H85NO5/c1-4-7-10-13-16-19-28-39-49-43(47)33-26-20-22-29-40-35-36-45(37-38-46)42(40)32-25-21-27-34-44(48)50-41(30-23-17-14-11-8-5-2)31-24-18-15-12-9-6-3/h40-42,46H,4-39H2,1-3H3. The second-order valence-electron chi connectivity index (χ2n) is 15.6. The third-order valence-electron chi connectivity index (χ3n) is 11.1. The fraction of sp³-hybridized carbons (Fsp3) is 0.955. The zero-order chi connectivity index (χ0) is 36.3. The van der Waals surface area contributed by atoms with E-state index >= 15 is 0 Å². The molecule has 1 aliphatic heterocycles. The minimum atomic E-state index is -0.0288. The van der Waals surface area contributed by atoms with Gasteiger partial charge in [0.15, 0.2) is 0 Å². The van der Waals surface area contributed by atoms with Crippen LogP contribution >= 0.6 is 0 Å². The molecule has 1 rings (SSSR count). The zero-order valence-corrected chi connectivity index (χ0v) is 33.7. The van der Waals surface area contributed by atoms with Crippen LogP contribution in [-0.4, -0.2) is 60.4 Å². The highest BCUT2D eigenvalue weighted by Crippen LogP contribution is 2.32. The van der Waals surface area contributed by atoms with Crippen LogP contribution in [0.3, 0.4) is 0 Å². The highest BCUT2D eigenvalue weighted by molar-refractivity contribution is 5.69. The van der Waals surface area contributed by atoms with Gasteiger partial charge in [0.25, 0.3) is 0 Å². The van der Waals surface area contributed by atoms with E-state index in [1.165, 1.54) is 128 Å². The molecule has 6 heteroatoms. The maximum atomic E-state index is 12.9. The summed E-state index contributed by atoms with van der Waals surface area (Å²) in [5.41, 5.74) is 0. The SMILES string of the molecule is CCCCCCCCCOC(=O)CCCCCC1CCN(CCO)C1CCCCCC(=O)OC(CCCCCCCC)CCCCCCCC. The first-order valence-electron chi connectivity index (χ1n) is 22.3. The molecule has 0 aliphatic carbocycles. The number of ether oxygens (including phenoxy) is 2. The third kappa shape index (κ3) is 26.6. The molecule has 1 aliphatic rings. The predicted molar refractivity (Wildman–Crippen MR) is 212 cm³/mol. The van der Waals surface area contributed by atoms with Crippen molar-refractivity contribution in [1.82, 2.24) is 4.90 Å². The number of carbonyl (C=O) groups excluding carboxylic acids is 2. The van der Waals surface area contributed by atoms with Crippen molar-refractivity contribution < 1.29 is 24.2 Å². The number of likely N-dealkylation sites (tertiary alicyclic amines) is 1. The predicted octanol–water partition coefficient (Wildman–Crippen LogP) is 12.3. The van der Waals surface area contributed by atoms with Gasteiger partial charge in [-0.2, -0.15) is 0 Å². The van der Waals surface area contributed by atoms with Gasteiger partial charge in [0.1, 0.15) is 6.10 Å². The highest BCUT2D eigenvalue weighted by atomic mass is 16.5. The molecule has 0 saturated carbocycles. The molecule has 0 aromatic heterocycles. The van der Waals surface area contributed by atoms with Gasteiger partial charge in [-0.15, -0.1) is 0 Å². The molecular formula is C44H85NO5. The topological polar surface area (TPSA) is 76.1 Å². The average molecular weight is 708 g/mol. The fourth-order valence-electron chi connectivity index (χ4n) is 7.93. The van der Waals surface area contributed by atoms with Crippen LogP contribution in [0.4, 0.5) is 0 Å². The Morgan fingerprint density at radius 2 is 1.08 bits per heavy atom. The lowest BCUT2D eigenvalue weighted by molar-refractivity contribution is -0.150. The molecule has 2 unspecified atom stereocenters. The number of unbranched alkanes of at least 4 members (excludes halogenated alkanes) is 20. The molecule has 0 amide bonds. The summed E-state index contributed by atoms with van der Waals surface area (Å²) >= 11 is 0. The van der Waals surface area contributed by atoms with Gasteiger partial charge in [0, 0.05) is 25.4 Å². The average Bonchev–Trinajstić information content (AvgIpc) is 3.49. The van der Waals surface area contributed by atoms with Gasteiger partial charge in [0.2, 0.25) is 0 Å². The van der Waals surface area contributed by atoms with Crippen LogP contribution in [0.15, 0.2) is 0 Å². The minimum absolute atomic E-state index is 0.00861. The smallest absolute Gasteiger partial charge is 0.306 e. The first-order valence-corrected chi connectivity index (χ1v) is 22.3. The summed E-state index contributed by atoms with van der Waals surface area (Å²) < 4.78 is 11.5. The number of β-amino-alcohol motifs (C(OH)–C–C–N with tert-alkyl or cyclic N) is 1. The summed E-state index contributed by atoms with van der Waals surface area (Å²) in [6.07, 6.45) is 37.0. The molecule has 1 fully saturated rings. The van der Waals surface area contributed by atoms with Crippen LogP contribution in [0.1, 0.15) is 226 Å². The van der Waals surface area contributed by atoms with E-state index in [1.807, 2.05) is 0 Å². The largest absolute Gasteiger partial charge is 0.466 e. The summed E-state index contributed by atoms with van der Waals surface area (Å²) in [6, 6.07) is 0.528. The highest BCUT2D eigenvalue weighted by Gasteiger charge is 2.32. The minimum Gasteiger partial charge on any atom is -0.466 e. The molecule has 0 bridgehead atoms. The van der Waals surface area contributed by atoms with E-state index in [1.54, 1.807) is 0 Å². The summed E-state index contributed by atoms with van der Waals surface area (Å²) in [5, 5.41) is 9.67. The third-order valence-corrected chi connectivity index (χ3v) is 11.1. The Kier molecular flexibility index (Phi) is 32.7. The van der Waals surface area contributed by atoms with E-state index in [0.29, 0.717) is 31.4 Å². The molecule has 6 nitrogen and oxygen atoms in total. The van der Waals surface area contributed by atoms with Gasteiger partial charge in [-0.05, 0) is 76.7 Å². The Morgan fingerprint density at radius 3 is 1.64 bits per heavy atom. The molecule has 0 aromatic rings. The van der Waals surface area contributed by atoms with E-state index in [0.717, 1.165) is 77.3 Å². The molecule has 1 saturated heterocycles. The van der Waals surface area contributed by atoms with Crippen molar-refractivity contribution in [2.75, 3.05) is 26.3 Å². The van der Waals surface area contributed by atoms with Crippen LogP contribution in [0.5, 0.6) is 0 Å². The van der Waals surface area contributed by atoms with Crippen LogP contribution < -0.4 is 0 Å². The number of aliphatic hydroxyl groups is 1. The maximum absolute atomic E-state index is 12.9. The lowest BCUT2D eigenvalue weighted by Gasteiger charge is -2.28. The Morgan fingerprint density at radius 1 is 0.600 bits per heavy atom. The van der Waals surface area contributed by atoms with Crippen LogP contribution in [0.2, 0.25) is 0 Å². The molecule has 1 N–H and O–H groups in total. The quantitative estimate of drug-likeness (QED) is 0.0512. The Labute approximate surface area is 311 Å². The number of esters is 2. The van der Waals surface area contributed by atoms with Crippen LogP contribution in [0, 0.1) is 5.92 Å². The van der Waals surface area contributed by atoms with E-state index in [2.05, 4.69) is 25.7 Å². The summed E-state index contributed by atoms with van der Waals surface area (Å²) in [4.78, 5) is 27.5. The van der Waals surface area contributed by atoms with Crippen molar-refractivity contribution >= 4 is 11.9 Å². The van der Waals surface area contributed by atoms with E-state index in [4.69, 9.17) is 9.47 Å². The molecule has 1 heterocycles. The van der Waals surface area contributed by atoms with Crippen molar-refractivity contribution in [2.45, 2.75) is 238 Å². The van der Waals surface area contributed by atoms with Gasteiger partial charge in [0.05, 0.1) is 13.2 Å². The number of nitrogens with zero attached hydrogens (tertiary/aromatic N) is 1. The van der Waals surface area contributed by atoms with Gasteiger partial charge in [-0.25, -0.2) is 0 Å². The summed E-state index contributed by atoms with van der Waals surface area (Å²) in [6.45, 7) is 9.40. The van der Waals surface area contributed by atoms with Gasteiger partial charge in [-0.1, -0.05) is 149 Å². The van der Waals surface area contributed by atoms with Gasteiger partial charge >= 0.3 is 11.9 Å². The number of hydrogen-bond donors (Lipinski definition) is 1. The molecule has 296 valence electrons. The Hall–Kier alpha value is -1.14. The zero-order valence-electron chi connectivity index (χ0n) is 33.7. The van der Waals surface area contributed by atoms with Gasteiger partial charge in [-0.3, -0.25) is 14.5 Å². The molecule has 0 spiro atoms. The second-order valence-corrected chi connectivity index (χ2v) is 15.6. The van der Waals surface area contributed by atoms with E-state index in [9.17, 15) is 14.7 Å². The van der Waals surface area contributed by atoms with Crippen molar-refractivity contribution in [2.24, 2.45) is 5.92 Å². The molecule has 0 radical (unpaired) electrons. The monoisotopic (exact) mass is 708 g/mol. The lowest BCUT2D eigenvalue weighted by atomic mass is 9.90. The molecular weight excluding hydrogens is 622 g/mol. The first kappa shape index (κ1) is 46.9. The maximum Gasteiger partial charge on any atom is 0.306 e. The lowest BCUT2D eigenvalue weighted by Crippen LogP contribution is -2.35. The van der Waals surface area contributed by atoms with E-state index in [-0.39, 0.29) is 24.6 Å². The van der Waals surface area contributed by atoms with Crippen molar-refractivity contribution in [3.05, 3.63) is 0 Å². The number of hydrogen-bond acceptors (Lipinski definition) is 6. The van der Waals surface area contributed by atoms with E-state index < -0.39 is 0 Å². The van der Waals surface area contributed by atoms with Gasteiger partial charge < -0.3 is 14.6 Å².